The van der Waals surface area contributed by atoms with Gasteiger partial charge in [-0.25, -0.2) is 22.3 Å². The van der Waals surface area contributed by atoms with Crippen LogP contribution in [0, 0.1) is 17.5 Å². The molecule has 1 aliphatic rings. The molecule has 0 bridgehead atoms. The average molecular weight is 451 g/mol. The van der Waals surface area contributed by atoms with Gasteiger partial charge in [0, 0.05) is 22.9 Å². The Kier molecular flexibility index (Phi) is 4.88. The number of aliphatic carboxylic acids is 1. The van der Waals surface area contributed by atoms with Crippen molar-refractivity contribution in [2.45, 2.75) is 11.4 Å². The predicted octanol–water partition coefficient (Wildman–Crippen LogP) is 3.48. The molecule has 3 rings (SSSR count). The second-order valence-corrected chi connectivity index (χ2v) is 10.3. The van der Waals surface area contributed by atoms with Crippen LogP contribution in [0.4, 0.5) is 23.7 Å². The van der Waals surface area contributed by atoms with E-state index in [1.54, 1.807) is 0 Å². The van der Waals surface area contributed by atoms with Crippen molar-refractivity contribution in [2.24, 2.45) is 0 Å². The fourth-order valence-corrected chi connectivity index (χ4v) is 5.39. The first kappa shape index (κ1) is 21.1. The first-order valence-corrected chi connectivity index (χ1v) is 10.6. The number of amides is 2. The first-order valence-electron chi connectivity index (χ1n) is 7.94. The van der Waals surface area contributed by atoms with Gasteiger partial charge in [-0.3, -0.25) is 14.2 Å². The fraction of sp³-hybridized carbons (Fsp3) is 0.176. The van der Waals surface area contributed by atoms with Gasteiger partial charge in [0.15, 0.2) is 11.6 Å². The summed E-state index contributed by atoms with van der Waals surface area (Å²) in [6.07, 6.45) is 0.794. The largest absolute Gasteiger partial charge is 0.480 e. The van der Waals surface area contributed by atoms with Crippen LogP contribution in [0.2, 0.25) is 5.02 Å². The molecule has 2 N–H and O–H groups in total. The zero-order valence-corrected chi connectivity index (χ0v) is 16.3. The minimum absolute atomic E-state index is 0.0297. The number of carbonyl (C=O) groups is 2. The van der Waals surface area contributed by atoms with Gasteiger partial charge in [-0.2, -0.15) is 4.21 Å². The Balaban J connectivity index is 2.21. The topological polar surface area (TPSA) is 98.2 Å². The van der Waals surface area contributed by atoms with Crippen molar-refractivity contribution in [2.75, 3.05) is 17.7 Å². The van der Waals surface area contributed by atoms with E-state index in [0.29, 0.717) is 12.1 Å². The summed E-state index contributed by atoms with van der Waals surface area (Å²) < 4.78 is 65.3. The van der Waals surface area contributed by atoms with Crippen molar-refractivity contribution in [1.29, 1.82) is 0 Å². The van der Waals surface area contributed by atoms with Crippen molar-refractivity contribution in [1.82, 2.24) is 4.31 Å². The summed E-state index contributed by atoms with van der Waals surface area (Å²) in [6, 6.07) is 3.23. The van der Waals surface area contributed by atoms with E-state index in [2.05, 4.69) is 0 Å². The maximum Gasteiger partial charge on any atom is 0.343 e. The lowest BCUT2D eigenvalue weighted by atomic mass is 10.1. The van der Waals surface area contributed by atoms with Crippen LogP contribution in [0.25, 0.3) is 0 Å². The van der Waals surface area contributed by atoms with Gasteiger partial charge >= 0.3 is 12.0 Å². The number of rotatable bonds is 4. The van der Waals surface area contributed by atoms with Gasteiger partial charge in [0.1, 0.15) is 12.4 Å². The summed E-state index contributed by atoms with van der Waals surface area (Å²) in [4.78, 5) is 24.6. The average Bonchev–Trinajstić information content (AvgIpc) is 2.60. The molecule has 12 heteroatoms. The number of halogens is 4. The van der Waals surface area contributed by atoms with E-state index in [0.717, 1.165) is 17.2 Å². The molecule has 0 unspecified atom stereocenters. The maximum absolute atomic E-state index is 14.1. The van der Waals surface area contributed by atoms with Crippen LogP contribution in [0.15, 0.2) is 35.2 Å². The Morgan fingerprint density at radius 2 is 1.76 bits per heavy atom. The van der Waals surface area contributed by atoms with Crippen molar-refractivity contribution in [3.8, 4) is 0 Å². The molecule has 7 nitrogen and oxygen atoms in total. The monoisotopic (exact) mass is 450 g/mol. The lowest BCUT2D eigenvalue weighted by Gasteiger charge is -2.53. The fourth-order valence-electron chi connectivity index (χ4n) is 2.98. The highest BCUT2D eigenvalue weighted by Gasteiger charge is 2.47. The molecule has 0 aliphatic carbocycles. The van der Waals surface area contributed by atoms with Crippen molar-refractivity contribution >= 4 is 38.8 Å². The number of hydrogen-bond donors (Lipinski definition) is 2. The molecule has 0 saturated carbocycles. The van der Waals surface area contributed by atoms with Crippen LogP contribution in [0.3, 0.4) is 0 Å². The summed E-state index contributed by atoms with van der Waals surface area (Å²) >= 11 is 5.90. The zero-order valence-electron chi connectivity index (χ0n) is 14.7. The summed E-state index contributed by atoms with van der Waals surface area (Å²) in [6.45, 7) is -1.80. The summed E-state index contributed by atoms with van der Waals surface area (Å²) in [5.74, 6) is -5.51. The highest BCUT2D eigenvalue weighted by Crippen LogP contribution is 2.46. The maximum atomic E-state index is 14.1. The number of urea groups is 1. The van der Waals surface area contributed by atoms with Gasteiger partial charge in [-0.1, -0.05) is 21.1 Å². The number of anilines is 1. The third kappa shape index (κ3) is 3.56. The second kappa shape index (κ2) is 6.71. The Bertz CT molecular complexity index is 1120. The molecule has 156 valence electrons. The van der Waals surface area contributed by atoms with E-state index in [1.807, 2.05) is 0 Å². The third-order valence-electron chi connectivity index (χ3n) is 4.38. The molecule has 0 radical (unpaired) electrons. The molecule has 1 aliphatic heterocycles. The molecule has 0 spiro atoms. The lowest BCUT2D eigenvalue weighted by Crippen LogP contribution is -2.62. The first-order chi connectivity index (χ1) is 13.3. The smallest absolute Gasteiger partial charge is 0.343 e. The van der Waals surface area contributed by atoms with E-state index < -0.39 is 57.6 Å². The van der Waals surface area contributed by atoms with Gasteiger partial charge < -0.3 is 5.11 Å². The van der Waals surface area contributed by atoms with Crippen molar-refractivity contribution in [3.63, 3.8) is 0 Å². The molecule has 0 fully saturated rings. The quantitative estimate of drug-likeness (QED) is 0.695. The Labute approximate surface area is 167 Å². The number of carbonyl (C=O) groups excluding carboxylic acids is 1. The van der Waals surface area contributed by atoms with Crippen LogP contribution < -0.4 is 4.90 Å². The molecule has 2 amide bonds. The third-order valence-corrected chi connectivity index (χ3v) is 7.28. The van der Waals surface area contributed by atoms with E-state index in [9.17, 15) is 31.5 Å². The minimum Gasteiger partial charge on any atom is -0.480 e. The predicted molar refractivity (Wildman–Crippen MR) is 98.7 cm³/mol. The number of nitrogens with zero attached hydrogens (tertiary/aromatic N) is 2. The summed E-state index contributed by atoms with van der Waals surface area (Å²) in [5.41, 5.74) is -0.569. The second-order valence-electron chi connectivity index (χ2n) is 6.50. The van der Waals surface area contributed by atoms with Crippen molar-refractivity contribution in [3.05, 3.63) is 58.4 Å². The molecule has 29 heavy (non-hydrogen) atoms. The molecule has 2 aromatic rings. The highest BCUT2D eigenvalue weighted by atomic mass is 35.5. The van der Waals surface area contributed by atoms with Gasteiger partial charge in [0.25, 0.3) is 0 Å². The Morgan fingerprint density at radius 3 is 2.38 bits per heavy atom. The van der Waals surface area contributed by atoms with E-state index in [4.69, 9.17) is 16.7 Å². The van der Waals surface area contributed by atoms with Gasteiger partial charge in [-0.15, -0.1) is 0 Å². The Morgan fingerprint density at radius 1 is 1.14 bits per heavy atom. The van der Waals surface area contributed by atoms with E-state index in [-0.39, 0.29) is 19.9 Å². The van der Waals surface area contributed by atoms with Crippen LogP contribution in [0.1, 0.15) is 5.56 Å². The standard InChI is InChI=1S/C17H14ClF3N2O5S/c1-29(27,28)15-5-10(18)2-3-14(15)22(17(26)23(29)8-16(24)25)7-9-4-12(20)13(21)6-11(9)19/h2-6H,7-8H2,1H3,(H,24,25)(H,27,28). The minimum atomic E-state index is -5.19. The van der Waals surface area contributed by atoms with Gasteiger partial charge in [-0.05, 0) is 24.3 Å². The van der Waals surface area contributed by atoms with Gasteiger partial charge in [0.05, 0.1) is 17.1 Å². The Hall–Kier alpha value is -2.63. The zero-order chi connectivity index (χ0) is 21.7. The molecular weight excluding hydrogens is 437 g/mol. The van der Waals surface area contributed by atoms with Crippen LogP contribution in [-0.4, -0.2) is 43.0 Å². The van der Waals surface area contributed by atoms with E-state index in [1.165, 1.54) is 12.1 Å². The van der Waals surface area contributed by atoms with Crippen LogP contribution in [0.5, 0.6) is 0 Å². The molecule has 0 atom stereocenters. The van der Waals surface area contributed by atoms with E-state index >= 15 is 0 Å². The number of carboxylic acids is 1. The number of fused-ring (bicyclic) bond motifs is 1. The number of hydrogen-bond acceptors (Lipinski definition) is 3. The van der Waals surface area contributed by atoms with Crippen molar-refractivity contribution < 1.29 is 36.6 Å². The number of benzene rings is 2. The molecule has 1 heterocycles. The molecule has 0 aromatic heterocycles. The van der Waals surface area contributed by atoms with Gasteiger partial charge in [0.2, 0.25) is 0 Å². The van der Waals surface area contributed by atoms with Crippen LogP contribution in [-0.2, 0) is 20.9 Å². The molecule has 2 aromatic carbocycles. The normalized spacial score (nSPS) is 18.7. The molecular formula is C17H14ClF3N2O5S. The summed E-state index contributed by atoms with van der Waals surface area (Å²) in [7, 11) is -5.19. The highest BCUT2D eigenvalue weighted by molar-refractivity contribution is 8.13. The number of carboxylic acid groups (broad SMARTS) is 1. The molecule has 0 saturated heterocycles. The summed E-state index contributed by atoms with van der Waals surface area (Å²) in [5, 5.41) is 9.13. The van der Waals surface area contributed by atoms with Crippen LogP contribution >= 0.6 is 11.6 Å². The lowest BCUT2D eigenvalue weighted by molar-refractivity contribution is -0.136. The SMILES string of the molecule is CS1(=O)(O)c2cc(Cl)ccc2N(Cc2cc(F)c(F)cc2F)C(=O)N1CC(=O)O.